The number of likely N-dealkylation sites (N-methyl/N-ethyl adjacent to an activating group) is 1. The van der Waals surface area contributed by atoms with Gasteiger partial charge in [0.15, 0.2) is 0 Å². The summed E-state index contributed by atoms with van der Waals surface area (Å²) in [5, 5.41) is 0. The van der Waals surface area contributed by atoms with Gasteiger partial charge in [0.25, 0.3) is 0 Å². The quantitative estimate of drug-likeness (QED) is 0.475. The van der Waals surface area contributed by atoms with Gasteiger partial charge in [0, 0.05) is 32.7 Å². The van der Waals surface area contributed by atoms with E-state index in [2.05, 4.69) is 63.5 Å². The number of rotatable bonds is 7. The van der Waals surface area contributed by atoms with E-state index in [4.69, 9.17) is 0 Å². The fraction of sp³-hybridized carbons (Fsp3) is 1.00. The molecule has 0 spiro atoms. The van der Waals surface area contributed by atoms with E-state index in [-0.39, 0.29) is 0 Å². The standard InChI is InChI=1S/C17H37N3.4C2H6/c1-15(8-9-18(5)6)17(3,4)16(2)14-20-12-10-19(7)11-13-20;4*1-2/h15-16H,8-14H2,1-7H3;4*1-2H3. The van der Waals surface area contributed by atoms with E-state index in [1.54, 1.807) is 0 Å². The first-order chi connectivity index (χ1) is 13.2. The van der Waals surface area contributed by atoms with Crippen LogP contribution in [0.2, 0.25) is 0 Å². The molecule has 1 rings (SSSR count). The Morgan fingerprint density at radius 2 is 1.14 bits per heavy atom. The summed E-state index contributed by atoms with van der Waals surface area (Å²) in [6, 6.07) is 0. The molecule has 1 aliphatic heterocycles. The van der Waals surface area contributed by atoms with Gasteiger partial charge in [-0.3, -0.25) is 0 Å². The molecular formula is C25H61N3. The van der Waals surface area contributed by atoms with Gasteiger partial charge in [0.1, 0.15) is 0 Å². The molecule has 2 unspecified atom stereocenters. The number of nitrogens with zero attached hydrogens (tertiary/aromatic N) is 3. The lowest BCUT2D eigenvalue weighted by atomic mass is 9.69. The molecule has 0 aliphatic carbocycles. The van der Waals surface area contributed by atoms with Gasteiger partial charge in [-0.05, 0) is 51.4 Å². The third-order valence-corrected chi connectivity index (χ3v) is 5.68. The van der Waals surface area contributed by atoms with E-state index in [1.165, 1.54) is 45.7 Å². The molecule has 0 amide bonds. The van der Waals surface area contributed by atoms with Crippen LogP contribution in [-0.2, 0) is 0 Å². The van der Waals surface area contributed by atoms with Crippen molar-refractivity contribution in [3.63, 3.8) is 0 Å². The van der Waals surface area contributed by atoms with E-state index < -0.39 is 0 Å². The molecule has 0 saturated carbocycles. The molecule has 0 aromatic rings. The van der Waals surface area contributed by atoms with Crippen molar-refractivity contribution in [2.45, 2.75) is 89.5 Å². The first-order valence-electron chi connectivity index (χ1n) is 12.3. The normalized spacial score (nSPS) is 16.7. The van der Waals surface area contributed by atoms with Gasteiger partial charge in [0.05, 0.1) is 0 Å². The largest absolute Gasteiger partial charge is 0.309 e. The summed E-state index contributed by atoms with van der Waals surface area (Å²) < 4.78 is 0. The van der Waals surface area contributed by atoms with Crippen molar-refractivity contribution in [1.29, 1.82) is 0 Å². The van der Waals surface area contributed by atoms with Gasteiger partial charge in [-0.2, -0.15) is 0 Å². The highest BCUT2D eigenvalue weighted by atomic mass is 15.2. The lowest BCUT2D eigenvalue weighted by Gasteiger charge is -2.42. The molecule has 28 heavy (non-hydrogen) atoms. The minimum absolute atomic E-state index is 0.416. The van der Waals surface area contributed by atoms with Gasteiger partial charge in [-0.1, -0.05) is 83.1 Å². The second kappa shape index (κ2) is 23.2. The van der Waals surface area contributed by atoms with Crippen molar-refractivity contribution in [2.75, 3.05) is 60.4 Å². The van der Waals surface area contributed by atoms with Crippen molar-refractivity contribution < 1.29 is 0 Å². The van der Waals surface area contributed by atoms with Crippen molar-refractivity contribution >= 4 is 0 Å². The number of piperazine rings is 1. The number of hydrogen-bond acceptors (Lipinski definition) is 3. The molecule has 0 N–H and O–H groups in total. The van der Waals surface area contributed by atoms with Crippen LogP contribution >= 0.6 is 0 Å². The molecule has 1 aliphatic rings. The molecule has 1 fully saturated rings. The second-order valence-electron chi connectivity index (χ2n) is 7.82. The predicted octanol–water partition coefficient (Wildman–Crippen LogP) is 6.59. The fourth-order valence-corrected chi connectivity index (χ4v) is 2.96. The maximum Gasteiger partial charge on any atom is 0.0110 e. The van der Waals surface area contributed by atoms with E-state index in [0.29, 0.717) is 5.41 Å². The molecule has 1 saturated heterocycles. The highest BCUT2D eigenvalue weighted by molar-refractivity contribution is 4.84. The SMILES string of the molecule is CC.CC.CC.CC.CC(CCN(C)C)C(C)(C)C(C)CN1CCN(C)CC1. The first kappa shape index (κ1) is 35.3. The van der Waals surface area contributed by atoms with Crippen molar-refractivity contribution in [3.8, 4) is 0 Å². The van der Waals surface area contributed by atoms with E-state index >= 15 is 0 Å². The molecular weight excluding hydrogens is 342 g/mol. The topological polar surface area (TPSA) is 9.72 Å². The van der Waals surface area contributed by atoms with Gasteiger partial charge < -0.3 is 14.7 Å². The Morgan fingerprint density at radius 1 is 0.750 bits per heavy atom. The molecule has 0 bridgehead atoms. The smallest absolute Gasteiger partial charge is 0.0110 e. The zero-order valence-corrected chi connectivity index (χ0v) is 22.9. The number of hydrogen-bond donors (Lipinski definition) is 0. The van der Waals surface area contributed by atoms with Crippen LogP contribution in [0.4, 0.5) is 0 Å². The monoisotopic (exact) mass is 403 g/mol. The molecule has 176 valence electrons. The van der Waals surface area contributed by atoms with Crippen LogP contribution in [0, 0.1) is 17.3 Å². The summed E-state index contributed by atoms with van der Waals surface area (Å²) in [6.07, 6.45) is 1.30. The first-order valence-corrected chi connectivity index (χ1v) is 12.3. The lowest BCUT2D eigenvalue weighted by Crippen LogP contribution is -2.48. The van der Waals surface area contributed by atoms with Gasteiger partial charge in [0.2, 0.25) is 0 Å². The van der Waals surface area contributed by atoms with Gasteiger partial charge >= 0.3 is 0 Å². The Bertz CT molecular complexity index is 269. The van der Waals surface area contributed by atoms with Gasteiger partial charge in [-0.25, -0.2) is 0 Å². The van der Waals surface area contributed by atoms with Crippen LogP contribution in [0.1, 0.15) is 89.5 Å². The molecule has 1 heterocycles. The second-order valence-corrected chi connectivity index (χ2v) is 7.82. The summed E-state index contributed by atoms with van der Waals surface area (Å²) in [4.78, 5) is 7.40. The van der Waals surface area contributed by atoms with Crippen LogP contribution in [-0.4, -0.2) is 75.1 Å². The van der Waals surface area contributed by atoms with E-state index in [1.807, 2.05) is 55.4 Å². The average molecular weight is 404 g/mol. The maximum absolute atomic E-state index is 2.66. The van der Waals surface area contributed by atoms with Crippen LogP contribution in [0.15, 0.2) is 0 Å². The molecule has 3 nitrogen and oxygen atoms in total. The van der Waals surface area contributed by atoms with Crippen LogP contribution in [0.5, 0.6) is 0 Å². The molecule has 0 aromatic carbocycles. The Balaban J connectivity index is -0.000000318. The Hall–Kier alpha value is -0.120. The minimum Gasteiger partial charge on any atom is -0.309 e. The van der Waals surface area contributed by atoms with Crippen molar-refractivity contribution in [3.05, 3.63) is 0 Å². The van der Waals surface area contributed by atoms with Crippen LogP contribution in [0.3, 0.4) is 0 Å². The molecule has 0 aromatic heterocycles. The average Bonchev–Trinajstić information content (AvgIpc) is 2.73. The zero-order chi connectivity index (χ0) is 23.3. The Morgan fingerprint density at radius 3 is 1.50 bits per heavy atom. The predicted molar refractivity (Wildman–Crippen MR) is 135 cm³/mol. The lowest BCUT2D eigenvalue weighted by molar-refractivity contribution is 0.0664. The summed E-state index contributed by atoms with van der Waals surface area (Å²) in [7, 11) is 6.58. The molecule has 0 radical (unpaired) electrons. The molecule has 2 atom stereocenters. The highest BCUT2D eigenvalue weighted by Crippen LogP contribution is 2.37. The van der Waals surface area contributed by atoms with E-state index in [0.717, 1.165) is 11.8 Å². The Kier molecular flexibility index (Phi) is 29.2. The fourth-order valence-electron chi connectivity index (χ4n) is 2.96. The van der Waals surface area contributed by atoms with E-state index in [9.17, 15) is 0 Å². The molecule has 3 heteroatoms. The summed E-state index contributed by atoms with van der Waals surface area (Å²) >= 11 is 0. The summed E-state index contributed by atoms with van der Waals surface area (Å²) in [5.74, 6) is 1.52. The van der Waals surface area contributed by atoms with Crippen molar-refractivity contribution in [2.24, 2.45) is 17.3 Å². The van der Waals surface area contributed by atoms with Crippen molar-refractivity contribution in [1.82, 2.24) is 14.7 Å². The maximum atomic E-state index is 2.66. The zero-order valence-electron chi connectivity index (χ0n) is 22.9. The third-order valence-electron chi connectivity index (χ3n) is 5.68. The highest BCUT2D eigenvalue weighted by Gasteiger charge is 2.33. The summed E-state index contributed by atoms with van der Waals surface area (Å²) in [5.41, 5.74) is 0.416. The minimum atomic E-state index is 0.416. The summed E-state index contributed by atoms with van der Waals surface area (Å²) in [6.45, 7) is 33.2. The third kappa shape index (κ3) is 16.8. The van der Waals surface area contributed by atoms with Gasteiger partial charge in [-0.15, -0.1) is 0 Å². The van der Waals surface area contributed by atoms with Crippen LogP contribution < -0.4 is 0 Å². The van der Waals surface area contributed by atoms with Crippen LogP contribution in [0.25, 0.3) is 0 Å². The Labute approximate surface area is 182 Å².